The number of hydrogen-bond donors (Lipinski definition) is 2. The largest absolute Gasteiger partial charge is 0.416 e. The summed E-state index contributed by atoms with van der Waals surface area (Å²) in [6.07, 6.45) is -6.81. The van der Waals surface area contributed by atoms with Crippen molar-refractivity contribution in [2.24, 2.45) is 0 Å². The summed E-state index contributed by atoms with van der Waals surface area (Å²) in [4.78, 5) is 16.1. The summed E-state index contributed by atoms with van der Waals surface area (Å²) >= 11 is 0. The molecule has 1 amide bonds. The van der Waals surface area contributed by atoms with Gasteiger partial charge < -0.3 is 10.3 Å². The molecule has 0 bridgehead atoms. The number of para-hydroxylation sites is 1. The van der Waals surface area contributed by atoms with E-state index < -0.39 is 35.3 Å². The number of aromatic amines is 1. The van der Waals surface area contributed by atoms with E-state index >= 15 is 0 Å². The quantitative estimate of drug-likeness (QED) is 0.243. The average Bonchev–Trinajstić information content (AvgIpc) is 3.29. The minimum absolute atomic E-state index is 0.147. The van der Waals surface area contributed by atoms with Crippen molar-refractivity contribution in [2.75, 3.05) is 0 Å². The summed E-state index contributed by atoms with van der Waals surface area (Å²) in [5.74, 6) is -1.22. The maximum Gasteiger partial charge on any atom is 0.416 e. The zero-order valence-corrected chi connectivity index (χ0v) is 19.8. The second-order valence-corrected chi connectivity index (χ2v) is 8.79. The van der Waals surface area contributed by atoms with Crippen molar-refractivity contribution in [1.29, 1.82) is 0 Å². The number of carbonyl (C=O) groups is 1. The van der Waals surface area contributed by atoms with Crippen molar-refractivity contribution in [1.82, 2.24) is 10.3 Å². The van der Waals surface area contributed by atoms with E-state index in [1.54, 1.807) is 12.3 Å². The smallest absolute Gasteiger partial charge is 0.361 e. The Morgan fingerprint density at radius 3 is 2.22 bits per heavy atom. The summed E-state index contributed by atoms with van der Waals surface area (Å²) < 4.78 is 79.4. The van der Waals surface area contributed by atoms with Gasteiger partial charge in [-0.3, -0.25) is 4.79 Å². The number of nitrogens with one attached hydrogen (secondary N) is 2. The van der Waals surface area contributed by atoms with E-state index in [4.69, 9.17) is 0 Å². The molecular weight excluding hydrogens is 494 g/mol. The highest BCUT2D eigenvalue weighted by atomic mass is 19.4. The number of H-pyrrole nitrogens is 1. The molecular formula is C28H24F6N2O. The summed E-state index contributed by atoms with van der Waals surface area (Å²) in [5, 5.41) is 3.42. The molecule has 1 heterocycles. The number of benzene rings is 3. The molecule has 3 nitrogen and oxygen atoms in total. The monoisotopic (exact) mass is 518 g/mol. The molecule has 4 aromatic rings. The van der Waals surface area contributed by atoms with Gasteiger partial charge in [0.25, 0.3) is 0 Å². The number of carbonyl (C=O) groups excluding carboxylic acids is 1. The number of amides is 1. The van der Waals surface area contributed by atoms with Gasteiger partial charge in [0.15, 0.2) is 0 Å². The van der Waals surface area contributed by atoms with Crippen LogP contribution in [-0.2, 0) is 30.1 Å². The minimum Gasteiger partial charge on any atom is -0.361 e. The van der Waals surface area contributed by atoms with Crippen LogP contribution in [-0.4, -0.2) is 10.9 Å². The Morgan fingerprint density at radius 1 is 0.892 bits per heavy atom. The molecule has 0 saturated heterocycles. The molecule has 37 heavy (non-hydrogen) atoms. The van der Waals surface area contributed by atoms with Crippen LogP contribution in [0.1, 0.15) is 52.6 Å². The van der Waals surface area contributed by atoms with Gasteiger partial charge in [0, 0.05) is 36.0 Å². The summed E-state index contributed by atoms with van der Waals surface area (Å²) in [5.41, 5.74) is 1.46. The highest BCUT2D eigenvalue weighted by Crippen LogP contribution is 2.37. The van der Waals surface area contributed by atoms with E-state index in [0.717, 1.165) is 47.2 Å². The predicted molar refractivity (Wildman–Crippen MR) is 129 cm³/mol. The van der Waals surface area contributed by atoms with Gasteiger partial charge in [-0.1, -0.05) is 55.5 Å². The van der Waals surface area contributed by atoms with Crippen molar-refractivity contribution in [3.05, 3.63) is 106 Å². The fourth-order valence-electron chi connectivity index (χ4n) is 4.48. The van der Waals surface area contributed by atoms with Crippen molar-refractivity contribution < 1.29 is 31.1 Å². The van der Waals surface area contributed by atoms with E-state index in [2.05, 4.69) is 10.3 Å². The first-order chi connectivity index (χ1) is 17.5. The first-order valence-corrected chi connectivity index (χ1v) is 11.7. The zero-order valence-electron chi connectivity index (χ0n) is 19.8. The summed E-state index contributed by atoms with van der Waals surface area (Å²) in [6.45, 7) is 1.84. The molecule has 3 aromatic carbocycles. The van der Waals surface area contributed by atoms with Gasteiger partial charge >= 0.3 is 12.4 Å². The van der Waals surface area contributed by atoms with Crippen LogP contribution in [0.25, 0.3) is 10.9 Å². The molecule has 0 aliphatic heterocycles. The number of halogens is 6. The van der Waals surface area contributed by atoms with Crippen molar-refractivity contribution in [2.45, 2.75) is 44.6 Å². The lowest BCUT2D eigenvalue weighted by Gasteiger charge is -2.19. The number of aryl methyl sites for hydroxylation is 1. The molecule has 0 aliphatic carbocycles. The number of aromatic nitrogens is 1. The predicted octanol–water partition coefficient (Wildman–Crippen LogP) is 7.61. The van der Waals surface area contributed by atoms with Gasteiger partial charge in [0.05, 0.1) is 11.1 Å². The van der Waals surface area contributed by atoms with Crippen molar-refractivity contribution in [3.8, 4) is 0 Å². The van der Waals surface area contributed by atoms with Gasteiger partial charge in [-0.05, 0) is 46.9 Å². The van der Waals surface area contributed by atoms with E-state index in [1.807, 2.05) is 25.1 Å². The molecule has 0 saturated carbocycles. The second-order valence-electron chi connectivity index (χ2n) is 8.79. The molecule has 0 radical (unpaired) electrons. The topological polar surface area (TPSA) is 44.9 Å². The van der Waals surface area contributed by atoms with Gasteiger partial charge in [-0.15, -0.1) is 0 Å². The number of alkyl halides is 6. The van der Waals surface area contributed by atoms with Crippen LogP contribution in [0.3, 0.4) is 0 Å². The third-order valence-corrected chi connectivity index (χ3v) is 6.34. The Hall–Kier alpha value is -3.75. The average molecular weight is 519 g/mol. The van der Waals surface area contributed by atoms with E-state index in [0.29, 0.717) is 11.1 Å². The van der Waals surface area contributed by atoms with E-state index in [9.17, 15) is 31.1 Å². The third kappa shape index (κ3) is 5.98. The Labute approximate surface area is 209 Å². The molecule has 0 unspecified atom stereocenters. The standard InChI is InChI=1S/C28H24F6N2O/c1-2-18-7-5-11-22-24(16-36-26(18)22)23(19-8-4-10-21(13-19)28(32,33)34)14-25(37)35-15-17-6-3-9-20(12-17)27(29,30)31/h3-13,16,23,36H,2,14-15H2,1H3,(H,35,37)/t23-/m0/s1. The first kappa shape index (κ1) is 26.3. The lowest BCUT2D eigenvalue weighted by Crippen LogP contribution is -2.25. The van der Waals surface area contributed by atoms with Gasteiger partial charge in [-0.25, -0.2) is 0 Å². The molecule has 9 heteroatoms. The lowest BCUT2D eigenvalue weighted by atomic mass is 9.86. The van der Waals surface area contributed by atoms with Gasteiger partial charge in [0.1, 0.15) is 0 Å². The fraction of sp³-hybridized carbons (Fsp3) is 0.250. The number of rotatable bonds is 7. The van der Waals surface area contributed by atoms with Crippen molar-refractivity contribution in [3.63, 3.8) is 0 Å². The SMILES string of the molecule is CCc1cccc2c([C@@H](CC(=O)NCc3cccc(C(F)(F)F)c3)c3cccc(C(F)(F)F)c3)c[nH]c12. The minimum atomic E-state index is -4.55. The maximum absolute atomic E-state index is 13.4. The van der Waals surface area contributed by atoms with Crippen molar-refractivity contribution >= 4 is 16.8 Å². The van der Waals surface area contributed by atoms with Crippen LogP contribution in [0.15, 0.2) is 72.9 Å². The van der Waals surface area contributed by atoms with Crippen LogP contribution in [0, 0.1) is 0 Å². The van der Waals surface area contributed by atoms with Gasteiger partial charge in [-0.2, -0.15) is 26.3 Å². The fourth-order valence-corrected chi connectivity index (χ4v) is 4.48. The molecule has 0 fully saturated rings. The summed E-state index contributed by atoms with van der Waals surface area (Å²) in [6, 6.07) is 15.1. The van der Waals surface area contributed by atoms with Crippen LogP contribution >= 0.6 is 0 Å². The third-order valence-electron chi connectivity index (χ3n) is 6.34. The molecule has 0 spiro atoms. The zero-order chi connectivity index (χ0) is 26.8. The Morgan fingerprint density at radius 2 is 1.54 bits per heavy atom. The lowest BCUT2D eigenvalue weighted by molar-refractivity contribution is -0.138. The van der Waals surface area contributed by atoms with E-state index in [-0.39, 0.29) is 18.5 Å². The molecule has 1 aromatic heterocycles. The first-order valence-electron chi connectivity index (χ1n) is 11.7. The Bertz CT molecular complexity index is 1400. The molecule has 4 rings (SSSR count). The number of fused-ring (bicyclic) bond motifs is 1. The number of hydrogen-bond acceptors (Lipinski definition) is 1. The van der Waals surface area contributed by atoms with Crippen LogP contribution < -0.4 is 5.32 Å². The highest BCUT2D eigenvalue weighted by molar-refractivity contribution is 5.88. The maximum atomic E-state index is 13.4. The normalized spacial score (nSPS) is 13.1. The molecule has 2 N–H and O–H groups in total. The molecule has 1 atom stereocenters. The highest BCUT2D eigenvalue weighted by Gasteiger charge is 2.32. The Kier molecular flexibility index (Phi) is 7.34. The van der Waals surface area contributed by atoms with Crippen LogP contribution in [0.5, 0.6) is 0 Å². The Balaban J connectivity index is 1.65. The molecule has 194 valence electrons. The second kappa shape index (κ2) is 10.3. The van der Waals surface area contributed by atoms with Crippen LogP contribution in [0.2, 0.25) is 0 Å². The van der Waals surface area contributed by atoms with E-state index in [1.165, 1.54) is 18.2 Å². The van der Waals surface area contributed by atoms with Gasteiger partial charge in [0.2, 0.25) is 5.91 Å². The molecule has 0 aliphatic rings. The summed E-state index contributed by atoms with van der Waals surface area (Å²) in [7, 11) is 0. The van der Waals surface area contributed by atoms with Crippen LogP contribution in [0.4, 0.5) is 26.3 Å².